The number of methoxy groups -OCH3 is 1. The van der Waals surface area contributed by atoms with Crippen molar-refractivity contribution in [3.8, 4) is 17.2 Å². The van der Waals surface area contributed by atoms with Crippen molar-refractivity contribution in [2.24, 2.45) is 5.73 Å². The van der Waals surface area contributed by atoms with Crippen LogP contribution in [0.5, 0.6) is 17.2 Å². The quantitative estimate of drug-likeness (QED) is 0.734. The highest BCUT2D eigenvalue weighted by Crippen LogP contribution is 2.36. The Kier molecular flexibility index (Phi) is 6.76. The molecule has 0 radical (unpaired) electrons. The molecular formula is C19H24ClNO3. The van der Waals surface area contributed by atoms with Crippen LogP contribution in [0.15, 0.2) is 30.3 Å². The van der Waals surface area contributed by atoms with Crippen LogP contribution < -0.4 is 19.9 Å². The molecule has 5 heteroatoms. The monoisotopic (exact) mass is 349 g/mol. The molecule has 2 aromatic carbocycles. The first-order valence-corrected chi connectivity index (χ1v) is 8.33. The van der Waals surface area contributed by atoms with E-state index in [0.29, 0.717) is 36.3 Å². The third-order valence-corrected chi connectivity index (χ3v) is 4.15. The van der Waals surface area contributed by atoms with Gasteiger partial charge >= 0.3 is 0 Å². The summed E-state index contributed by atoms with van der Waals surface area (Å²) in [6.07, 6.45) is 0.742. The lowest BCUT2D eigenvalue weighted by Gasteiger charge is -2.15. The van der Waals surface area contributed by atoms with Gasteiger partial charge in [-0.25, -0.2) is 0 Å². The summed E-state index contributed by atoms with van der Waals surface area (Å²) >= 11 is 6.30. The Balaban J connectivity index is 1.98. The number of hydrogen-bond donors (Lipinski definition) is 1. The Hall–Kier alpha value is -1.91. The van der Waals surface area contributed by atoms with E-state index in [1.807, 2.05) is 31.2 Å². The lowest BCUT2D eigenvalue weighted by atomic mass is 10.1. The highest BCUT2D eigenvalue weighted by atomic mass is 35.5. The Morgan fingerprint density at radius 2 is 1.79 bits per heavy atom. The normalized spacial score (nSPS) is 10.5. The van der Waals surface area contributed by atoms with Crippen LogP contribution in [0.25, 0.3) is 0 Å². The van der Waals surface area contributed by atoms with E-state index < -0.39 is 0 Å². The zero-order valence-electron chi connectivity index (χ0n) is 14.4. The molecule has 0 unspecified atom stereocenters. The summed E-state index contributed by atoms with van der Waals surface area (Å²) in [6.45, 7) is 5.46. The van der Waals surface area contributed by atoms with Gasteiger partial charge < -0.3 is 19.9 Å². The minimum atomic E-state index is 0.375. The molecule has 0 saturated heterocycles. The summed E-state index contributed by atoms with van der Waals surface area (Å²) in [5.41, 5.74) is 8.95. The van der Waals surface area contributed by atoms with Crippen LogP contribution in [-0.2, 0) is 6.42 Å². The first-order chi connectivity index (χ1) is 11.6. The van der Waals surface area contributed by atoms with Gasteiger partial charge in [0.25, 0.3) is 0 Å². The number of nitrogens with two attached hydrogens (primary N) is 1. The molecule has 2 N–H and O–H groups in total. The SMILES string of the molecule is COc1cc(CCN)cc(Cl)c1OCCOc1cccc(C)c1C. The molecule has 0 spiro atoms. The fourth-order valence-electron chi connectivity index (χ4n) is 2.40. The van der Waals surface area contributed by atoms with E-state index >= 15 is 0 Å². The van der Waals surface area contributed by atoms with Crippen LogP contribution >= 0.6 is 11.6 Å². The van der Waals surface area contributed by atoms with Crippen molar-refractivity contribution in [1.82, 2.24) is 0 Å². The molecular weight excluding hydrogens is 326 g/mol. The van der Waals surface area contributed by atoms with Gasteiger partial charge in [-0.05, 0) is 61.7 Å². The fraction of sp³-hybridized carbons (Fsp3) is 0.368. The van der Waals surface area contributed by atoms with Crippen molar-refractivity contribution in [3.63, 3.8) is 0 Å². The lowest BCUT2D eigenvalue weighted by Crippen LogP contribution is -2.11. The maximum atomic E-state index is 6.30. The predicted octanol–water partition coefficient (Wildman–Crippen LogP) is 3.92. The molecule has 0 aromatic heterocycles. The van der Waals surface area contributed by atoms with Gasteiger partial charge in [0.2, 0.25) is 0 Å². The zero-order valence-corrected chi connectivity index (χ0v) is 15.2. The van der Waals surface area contributed by atoms with Gasteiger partial charge in [0.1, 0.15) is 19.0 Å². The van der Waals surface area contributed by atoms with Gasteiger partial charge in [0.05, 0.1) is 12.1 Å². The van der Waals surface area contributed by atoms with E-state index in [1.165, 1.54) is 5.56 Å². The maximum Gasteiger partial charge on any atom is 0.179 e. The summed E-state index contributed by atoms with van der Waals surface area (Å²) < 4.78 is 16.9. The summed E-state index contributed by atoms with van der Waals surface area (Å²) in [7, 11) is 1.59. The van der Waals surface area contributed by atoms with Crippen molar-refractivity contribution in [2.45, 2.75) is 20.3 Å². The number of rotatable bonds is 8. The highest BCUT2D eigenvalue weighted by molar-refractivity contribution is 6.32. The second kappa shape index (κ2) is 8.81. The van der Waals surface area contributed by atoms with E-state index in [4.69, 9.17) is 31.5 Å². The van der Waals surface area contributed by atoms with Crippen LogP contribution in [0, 0.1) is 13.8 Å². The summed E-state index contributed by atoms with van der Waals surface area (Å²) in [5.74, 6) is 2.01. The van der Waals surface area contributed by atoms with E-state index in [2.05, 4.69) is 13.0 Å². The maximum absolute atomic E-state index is 6.30. The average Bonchev–Trinajstić information content (AvgIpc) is 2.56. The Morgan fingerprint density at radius 3 is 2.50 bits per heavy atom. The molecule has 0 amide bonds. The van der Waals surface area contributed by atoms with E-state index in [9.17, 15) is 0 Å². The van der Waals surface area contributed by atoms with Gasteiger partial charge in [0, 0.05) is 0 Å². The zero-order chi connectivity index (χ0) is 17.5. The van der Waals surface area contributed by atoms with Crippen molar-refractivity contribution < 1.29 is 14.2 Å². The van der Waals surface area contributed by atoms with Gasteiger partial charge in [0.15, 0.2) is 11.5 Å². The molecule has 24 heavy (non-hydrogen) atoms. The number of halogens is 1. The largest absolute Gasteiger partial charge is 0.493 e. The summed E-state index contributed by atoms with van der Waals surface area (Å²) in [4.78, 5) is 0. The van der Waals surface area contributed by atoms with E-state index in [1.54, 1.807) is 7.11 Å². The van der Waals surface area contributed by atoms with Gasteiger partial charge in [-0.2, -0.15) is 0 Å². The third-order valence-electron chi connectivity index (χ3n) is 3.86. The van der Waals surface area contributed by atoms with Gasteiger partial charge in [-0.3, -0.25) is 0 Å². The first-order valence-electron chi connectivity index (χ1n) is 7.95. The Labute approximate surface area is 148 Å². The molecule has 0 fully saturated rings. The molecule has 0 atom stereocenters. The standard InChI is InChI=1S/C19H24ClNO3/c1-13-5-4-6-17(14(13)2)23-9-10-24-19-16(20)11-15(7-8-21)12-18(19)22-3/h4-6,11-12H,7-10,21H2,1-3H3. The molecule has 4 nitrogen and oxygen atoms in total. The number of ether oxygens (including phenoxy) is 3. The minimum Gasteiger partial charge on any atom is -0.493 e. The fourth-order valence-corrected chi connectivity index (χ4v) is 2.69. The Morgan fingerprint density at radius 1 is 1.04 bits per heavy atom. The first kappa shape index (κ1) is 18.4. The van der Waals surface area contributed by atoms with Crippen LogP contribution in [0.4, 0.5) is 0 Å². The molecule has 2 rings (SSSR count). The molecule has 0 saturated carbocycles. The molecule has 0 heterocycles. The van der Waals surface area contributed by atoms with Gasteiger partial charge in [-0.15, -0.1) is 0 Å². The highest BCUT2D eigenvalue weighted by Gasteiger charge is 2.12. The Bertz CT molecular complexity index is 689. The van der Waals surface area contributed by atoms with Crippen LogP contribution in [-0.4, -0.2) is 26.9 Å². The average molecular weight is 350 g/mol. The molecule has 0 aliphatic rings. The predicted molar refractivity (Wildman–Crippen MR) is 97.7 cm³/mol. The van der Waals surface area contributed by atoms with E-state index in [-0.39, 0.29) is 0 Å². The number of benzene rings is 2. The summed E-state index contributed by atoms with van der Waals surface area (Å²) in [5, 5.41) is 0.518. The van der Waals surface area contributed by atoms with Crippen molar-refractivity contribution in [2.75, 3.05) is 26.9 Å². The molecule has 0 aliphatic heterocycles. The van der Waals surface area contributed by atoms with E-state index in [0.717, 1.165) is 23.3 Å². The third kappa shape index (κ3) is 4.56. The van der Waals surface area contributed by atoms with Crippen molar-refractivity contribution >= 4 is 11.6 Å². The molecule has 2 aromatic rings. The van der Waals surface area contributed by atoms with Crippen LogP contribution in [0.1, 0.15) is 16.7 Å². The second-order valence-corrected chi connectivity index (χ2v) is 5.95. The van der Waals surface area contributed by atoms with Crippen LogP contribution in [0.3, 0.4) is 0 Å². The van der Waals surface area contributed by atoms with Gasteiger partial charge in [-0.1, -0.05) is 23.7 Å². The van der Waals surface area contributed by atoms with Crippen molar-refractivity contribution in [1.29, 1.82) is 0 Å². The second-order valence-electron chi connectivity index (χ2n) is 5.54. The molecule has 130 valence electrons. The topological polar surface area (TPSA) is 53.7 Å². The molecule has 0 aliphatic carbocycles. The van der Waals surface area contributed by atoms with Crippen molar-refractivity contribution in [3.05, 3.63) is 52.0 Å². The smallest absolute Gasteiger partial charge is 0.179 e. The van der Waals surface area contributed by atoms with Crippen LogP contribution in [0.2, 0.25) is 5.02 Å². The minimum absolute atomic E-state index is 0.375. The molecule has 0 bridgehead atoms. The lowest BCUT2D eigenvalue weighted by molar-refractivity contribution is 0.210. The number of hydrogen-bond acceptors (Lipinski definition) is 4. The summed E-state index contributed by atoms with van der Waals surface area (Å²) in [6, 6.07) is 9.76. The number of aryl methyl sites for hydroxylation is 1.